The molecule has 1 aromatic rings. The topological polar surface area (TPSA) is 66.4 Å². The zero-order chi connectivity index (χ0) is 14.5. The van der Waals surface area contributed by atoms with Crippen LogP contribution in [0.25, 0.3) is 0 Å². The van der Waals surface area contributed by atoms with Crippen LogP contribution in [0.1, 0.15) is 38.2 Å². The molecule has 0 heterocycles. The summed E-state index contributed by atoms with van der Waals surface area (Å²) >= 11 is 0. The van der Waals surface area contributed by atoms with Gasteiger partial charge >= 0.3 is 5.97 Å². The van der Waals surface area contributed by atoms with Gasteiger partial charge in [0, 0.05) is 11.6 Å². The second-order valence-corrected chi connectivity index (χ2v) is 5.61. The Morgan fingerprint density at radius 3 is 2.40 bits per heavy atom. The van der Waals surface area contributed by atoms with E-state index in [1.165, 1.54) is 0 Å². The fourth-order valence-electron chi connectivity index (χ4n) is 2.60. The van der Waals surface area contributed by atoms with E-state index in [0.29, 0.717) is 6.42 Å². The Balaban J connectivity index is 1.91. The summed E-state index contributed by atoms with van der Waals surface area (Å²) in [7, 11) is 0. The standard InChI is InChI=1S/C16H21NO3/c1-11(16(19)20)10-12-6-8-14(9-7-12)17-15(18)13-4-2-3-5-13/h6-9,11,13H,2-5,10H2,1H3,(H,17,18)(H,19,20). The zero-order valence-electron chi connectivity index (χ0n) is 11.8. The first kappa shape index (κ1) is 14.6. The van der Waals surface area contributed by atoms with Crippen LogP contribution in [0.15, 0.2) is 24.3 Å². The molecule has 4 heteroatoms. The highest BCUT2D eigenvalue weighted by atomic mass is 16.4. The normalized spacial score (nSPS) is 16.9. The van der Waals surface area contributed by atoms with Gasteiger partial charge in [0.15, 0.2) is 0 Å². The van der Waals surface area contributed by atoms with Gasteiger partial charge in [0.2, 0.25) is 5.91 Å². The van der Waals surface area contributed by atoms with Crippen LogP contribution in [-0.4, -0.2) is 17.0 Å². The van der Waals surface area contributed by atoms with Crippen LogP contribution in [0.5, 0.6) is 0 Å². The van der Waals surface area contributed by atoms with E-state index in [2.05, 4.69) is 5.32 Å². The summed E-state index contributed by atoms with van der Waals surface area (Å²) < 4.78 is 0. The lowest BCUT2D eigenvalue weighted by Gasteiger charge is -2.11. The highest BCUT2D eigenvalue weighted by Gasteiger charge is 2.22. The van der Waals surface area contributed by atoms with Crippen molar-refractivity contribution in [3.63, 3.8) is 0 Å². The van der Waals surface area contributed by atoms with E-state index in [1.807, 2.05) is 24.3 Å². The fraction of sp³-hybridized carbons (Fsp3) is 0.500. The van der Waals surface area contributed by atoms with Gasteiger partial charge in [0.25, 0.3) is 0 Å². The van der Waals surface area contributed by atoms with Gasteiger partial charge in [-0.15, -0.1) is 0 Å². The number of carbonyl (C=O) groups excluding carboxylic acids is 1. The minimum absolute atomic E-state index is 0.106. The largest absolute Gasteiger partial charge is 0.481 e. The van der Waals surface area contributed by atoms with E-state index in [9.17, 15) is 9.59 Å². The number of hydrogen-bond donors (Lipinski definition) is 2. The first-order valence-corrected chi connectivity index (χ1v) is 7.19. The van der Waals surface area contributed by atoms with E-state index in [1.54, 1.807) is 6.92 Å². The summed E-state index contributed by atoms with van der Waals surface area (Å²) in [4.78, 5) is 22.8. The highest BCUT2D eigenvalue weighted by Crippen LogP contribution is 2.26. The fourth-order valence-corrected chi connectivity index (χ4v) is 2.60. The number of aliphatic carboxylic acids is 1. The third-order valence-electron chi connectivity index (χ3n) is 3.91. The van der Waals surface area contributed by atoms with Crippen LogP contribution < -0.4 is 5.32 Å². The molecule has 0 aromatic heterocycles. The molecule has 1 aliphatic carbocycles. The first-order valence-electron chi connectivity index (χ1n) is 7.19. The predicted octanol–water partition coefficient (Wildman–Crippen LogP) is 3.08. The maximum atomic E-state index is 12.0. The minimum Gasteiger partial charge on any atom is -0.481 e. The lowest BCUT2D eigenvalue weighted by Crippen LogP contribution is -2.20. The van der Waals surface area contributed by atoms with Crippen LogP contribution in [0.4, 0.5) is 5.69 Å². The monoisotopic (exact) mass is 275 g/mol. The van der Waals surface area contributed by atoms with E-state index < -0.39 is 11.9 Å². The number of benzene rings is 1. The Morgan fingerprint density at radius 2 is 1.85 bits per heavy atom. The molecule has 0 bridgehead atoms. The van der Waals surface area contributed by atoms with Crippen molar-refractivity contribution in [1.29, 1.82) is 0 Å². The molecule has 0 spiro atoms. The Morgan fingerprint density at radius 1 is 1.25 bits per heavy atom. The molecule has 1 atom stereocenters. The van der Waals surface area contributed by atoms with Crippen molar-refractivity contribution in [3.8, 4) is 0 Å². The number of carboxylic acids is 1. The molecule has 0 saturated heterocycles. The lowest BCUT2D eigenvalue weighted by atomic mass is 10.0. The minimum atomic E-state index is -0.788. The number of carboxylic acid groups (broad SMARTS) is 1. The molecule has 1 saturated carbocycles. The second kappa shape index (κ2) is 6.55. The van der Waals surface area contributed by atoms with Gasteiger partial charge in [-0.3, -0.25) is 9.59 Å². The molecule has 1 aliphatic rings. The first-order chi connectivity index (χ1) is 9.56. The molecular weight excluding hydrogens is 254 g/mol. The number of nitrogens with one attached hydrogen (secondary N) is 1. The van der Waals surface area contributed by atoms with Gasteiger partial charge in [0.05, 0.1) is 5.92 Å². The van der Waals surface area contributed by atoms with Gasteiger partial charge in [-0.25, -0.2) is 0 Å². The average molecular weight is 275 g/mol. The van der Waals surface area contributed by atoms with Gasteiger partial charge in [-0.1, -0.05) is 31.9 Å². The van der Waals surface area contributed by atoms with Crippen molar-refractivity contribution in [2.45, 2.75) is 39.0 Å². The lowest BCUT2D eigenvalue weighted by molar-refractivity contribution is -0.141. The van der Waals surface area contributed by atoms with Crippen LogP contribution in [0.3, 0.4) is 0 Å². The van der Waals surface area contributed by atoms with Crippen molar-refractivity contribution in [2.24, 2.45) is 11.8 Å². The van der Waals surface area contributed by atoms with Crippen LogP contribution in [-0.2, 0) is 16.0 Å². The van der Waals surface area contributed by atoms with E-state index in [0.717, 1.165) is 36.9 Å². The summed E-state index contributed by atoms with van der Waals surface area (Å²) in [6.45, 7) is 1.69. The molecular formula is C16H21NO3. The number of anilines is 1. The number of hydrogen-bond acceptors (Lipinski definition) is 2. The highest BCUT2D eigenvalue weighted by molar-refractivity contribution is 5.92. The molecule has 20 heavy (non-hydrogen) atoms. The Kier molecular flexibility index (Phi) is 4.77. The number of rotatable bonds is 5. The van der Waals surface area contributed by atoms with E-state index >= 15 is 0 Å². The molecule has 2 N–H and O–H groups in total. The van der Waals surface area contributed by atoms with Crippen molar-refractivity contribution in [3.05, 3.63) is 29.8 Å². The van der Waals surface area contributed by atoms with Crippen LogP contribution in [0, 0.1) is 11.8 Å². The van der Waals surface area contributed by atoms with Crippen molar-refractivity contribution >= 4 is 17.6 Å². The maximum absolute atomic E-state index is 12.0. The zero-order valence-corrected chi connectivity index (χ0v) is 11.8. The summed E-state index contributed by atoms with van der Waals surface area (Å²) in [5.41, 5.74) is 1.76. The second-order valence-electron chi connectivity index (χ2n) is 5.61. The molecule has 0 radical (unpaired) electrons. The Hall–Kier alpha value is -1.84. The third kappa shape index (κ3) is 3.83. The van der Waals surface area contributed by atoms with Gasteiger partial charge in [-0.05, 0) is 37.0 Å². The molecule has 108 valence electrons. The van der Waals surface area contributed by atoms with E-state index in [-0.39, 0.29) is 11.8 Å². The smallest absolute Gasteiger partial charge is 0.306 e. The average Bonchev–Trinajstić information content (AvgIpc) is 2.95. The SMILES string of the molecule is CC(Cc1ccc(NC(=O)C2CCCC2)cc1)C(=O)O. The van der Waals surface area contributed by atoms with Crippen LogP contribution >= 0.6 is 0 Å². The van der Waals surface area contributed by atoms with Gasteiger partial charge in [-0.2, -0.15) is 0 Å². The number of carbonyl (C=O) groups is 2. The quantitative estimate of drug-likeness (QED) is 0.867. The van der Waals surface area contributed by atoms with E-state index in [4.69, 9.17) is 5.11 Å². The maximum Gasteiger partial charge on any atom is 0.306 e. The summed E-state index contributed by atoms with van der Waals surface area (Å²) in [5, 5.41) is 11.8. The Labute approximate surface area is 119 Å². The van der Waals surface area contributed by atoms with Gasteiger partial charge in [0.1, 0.15) is 0 Å². The third-order valence-corrected chi connectivity index (χ3v) is 3.91. The Bertz CT molecular complexity index is 475. The summed E-state index contributed by atoms with van der Waals surface area (Å²) in [5.74, 6) is -0.923. The van der Waals surface area contributed by atoms with Crippen LogP contribution in [0.2, 0.25) is 0 Å². The van der Waals surface area contributed by atoms with Crippen molar-refractivity contribution in [1.82, 2.24) is 0 Å². The molecule has 1 unspecified atom stereocenters. The molecule has 2 rings (SSSR count). The molecule has 0 aliphatic heterocycles. The molecule has 1 amide bonds. The summed E-state index contributed by atoms with van der Waals surface area (Å²) in [6, 6.07) is 7.45. The molecule has 1 fully saturated rings. The van der Waals surface area contributed by atoms with Crippen molar-refractivity contribution in [2.75, 3.05) is 5.32 Å². The molecule has 1 aromatic carbocycles. The van der Waals surface area contributed by atoms with Crippen molar-refractivity contribution < 1.29 is 14.7 Å². The summed E-state index contributed by atoms with van der Waals surface area (Å²) in [6.07, 6.45) is 4.76. The number of amides is 1. The predicted molar refractivity (Wildman–Crippen MR) is 77.5 cm³/mol. The van der Waals surface area contributed by atoms with Gasteiger partial charge < -0.3 is 10.4 Å². The molecule has 4 nitrogen and oxygen atoms in total.